The van der Waals surface area contributed by atoms with Gasteiger partial charge in [-0.3, -0.25) is 0 Å². The molecular weight excluding hydrogens is 322 g/mol. The van der Waals surface area contributed by atoms with E-state index >= 15 is 0 Å². The van der Waals surface area contributed by atoms with E-state index in [1.807, 2.05) is 6.92 Å². The standard InChI is InChI=1S/C13H21N7S.ClH/c1-10-16-15-9-20(10)7-8-21-13-18-17-12(19(13)2)11-3-5-14-6-4-11;/h9,11,14H,3-8H2,1-2H3;1H. The summed E-state index contributed by atoms with van der Waals surface area (Å²) in [5.41, 5.74) is 0. The molecule has 0 unspecified atom stereocenters. The van der Waals surface area contributed by atoms with Gasteiger partial charge in [0.05, 0.1) is 0 Å². The third-order valence-corrected chi connectivity index (χ3v) is 4.95. The largest absolute Gasteiger partial charge is 0.317 e. The van der Waals surface area contributed by atoms with Crippen LogP contribution in [0.2, 0.25) is 0 Å². The number of nitrogens with zero attached hydrogens (tertiary/aromatic N) is 6. The maximum Gasteiger partial charge on any atom is 0.191 e. The first-order chi connectivity index (χ1) is 10.3. The van der Waals surface area contributed by atoms with Gasteiger partial charge in [-0.1, -0.05) is 11.8 Å². The maximum absolute atomic E-state index is 4.41. The van der Waals surface area contributed by atoms with E-state index in [1.165, 1.54) is 0 Å². The predicted molar refractivity (Wildman–Crippen MR) is 88.6 cm³/mol. The molecule has 0 atom stereocenters. The zero-order chi connectivity index (χ0) is 14.7. The molecule has 2 aromatic rings. The Labute approximate surface area is 140 Å². The van der Waals surface area contributed by atoms with Crippen molar-refractivity contribution in [2.45, 2.75) is 37.4 Å². The summed E-state index contributed by atoms with van der Waals surface area (Å²) < 4.78 is 4.21. The van der Waals surface area contributed by atoms with Crippen LogP contribution in [0.3, 0.4) is 0 Å². The minimum Gasteiger partial charge on any atom is -0.317 e. The molecule has 0 amide bonds. The molecular formula is C13H22ClN7S. The van der Waals surface area contributed by atoms with Crippen molar-refractivity contribution in [3.63, 3.8) is 0 Å². The quantitative estimate of drug-likeness (QED) is 0.827. The Kier molecular flexibility index (Phi) is 6.22. The molecule has 1 saturated heterocycles. The van der Waals surface area contributed by atoms with Gasteiger partial charge in [0.1, 0.15) is 18.0 Å². The van der Waals surface area contributed by atoms with Crippen molar-refractivity contribution in [2.75, 3.05) is 18.8 Å². The molecule has 1 aliphatic rings. The van der Waals surface area contributed by atoms with Crippen molar-refractivity contribution < 1.29 is 0 Å². The predicted octanol–water partition coefficient (Wildman–Crippen LogP) is 1.40. The van der Waals surface area contributed by atoms with E-state index in [2.05, 4.69) is 41.9 Å². The maximum atomic E-state index is 4.41. The molecule has 0 radical (unpaired) electrons. The highest BCUT2D eigenvalue weighted by Crippen LogP contribution is 2.26. The lowest BCUT2D eigenvalue weighted by Crippen LogP contribution is -2.27. The molecule has 0 bridgehead atoms. The normalized spacial score (nSPS) is 15.7. The van der Waals surface area contributed by atoms with Crippen LogP contribution in [-0.4, -0.2) is 48.4 Å². The summed E-state index contributed by atoms with van der Waals surface area (Å²) in [7, 11) is 2.07. The molecule has 3 heterocycles. The molecule has 3 rings (SSSR count). The molecule has 9 heteroatoms. The number of piperidine rings is 1. The summed E-state index contributed by atoms with van der Waals surface area (Å²) in [6.45, 7) is 5.01. The summed E-state index contributed by atoms with van der Waals surface area (Å²) in [5.74, 6) is 3.55. The van der Waals surface area contributed by atoms with Crippen molar-refractivity contribution in [3.8, 4) is 0 Å². The van der Waals surface area contributed by atoms with E-state index in [0.29, 0.717) is 5.92 Å². The first-order valence-electron chi connectivity index (χ1n) is 7.33. The summed E-state index contributed by atoms with van der Waals surface area (Å²) in [5, 5.41) is 21.0. The highest BCUT2D eigenvalue weighted by atomic mass is 35.5. The Morgan fingerprint density at radius 1 is 1.27 bits per heavy atom. The molecule has 122 valence electrons. The lowest BCUT2D eigenvalue weighted by atomic mass is 9.97. The van der Waals surface area contributed by atoms with Crippen LogP contribution in [0.15, 0.2) is 11.5 Å². The van der Waals surface area contributed by atoms with Gasteiger partial charge in [0.15, 0.2) is 5.16 Å². The first kappa shape index (κ1) is 17.2. The van der Waals surface area contributed by atoms with Gasteiger partial charge in [-0.15, -0.1) is 32.8 Å². The smallest absolute Gasteiger partial charge is 0.191 e. The number of hydrogen-bond acceptors (Lipinski definition) is 6. The van der Waals surface area contributed by atoms with Crippen LogP contribution < -0.4 is 5.32 Å². The van der Waals surface area contributed by atoms with Crippen LogP contribution in [0.25, 0.3) is 0 Å². The molecule has 0 spiro atoms. The Bertz CT molecular complexity index is 591. The number of halogens is 1. The fourth-order valence-electron chi connectivity index (χ4n) is 2.66. The van der Waals surface area contributed by atoms with Gasteiger partial charge in [-0.05, 0) is 32.9 Å². The van der Waals surface area contributed by atoms with Crippen molar-refractivity contribution in [2.24, 2.45) is 7.05 Å². The van der Waals surface area contributed by atoms with Crippen LogP contribution in [0.1, 0.15) is 30.4 Å². The van der Waals surface area contributed by atoms with Crippen LogP contribution in [-0.2, 0) is 13.6 Å². The Morgan fingerprint density at radius 2 is 2.05 bits per heavy atom. The molecule has 7 nitrogen and oxygen atoms in total. The van der Waals surface area contributed by atoms with E-state index in [9.17, 15) is 0 Å². The van der Waals surface area contributed by atoms with Gasteiger partial charge in [0.25, 0.3) is 0 Å². The molecule has 1 aliphatic heterocycles. The number of aromatic nitrogens is 6. The van der Waals surface area contributed by atoms with Crippen LogP contribution >= 0.6 is 24.2 Å². The summed E-state index contributed by atoms with van der Waals surface area (Å²) >= 11 is 1.74. The van der Waals surface area contributed by atoms with Gasteiger partial charge >= 0.3 is 0 Å². The van der Waals surface area contributed by atoms with Crippen LogP contribution in [0, 0.1) is 6.92 Å². The second kappa shape index (κ2) is 7.94. The van der Waals surface area contributed by atoms with Crippen molar-refractivity contribution in [3.05, 3.63) is 18.0 Å². The van der Waals surface area contributed by atoms with E-state index in [-0.39, 0.29) is 12.4 Å². The Morgan fingerprint density at radius 3 is 2.73 bits per heavy atom. The molecule has 0 aliphatic carbocycles. The van der Waals surface area contributed by atoms with Gasteiger partial charge in [0, 0.05) is 25.3 Å². The summed E-state index contributed by atoms with van der Waals surface area (Å²) in [6, 6.07) is 0. The van der Waals surface area contributed by atoms with Crippen LogP contribution in [0.5, 0.6) is 0 Å². The minimum atomic E-state index is 0. The third kappa shape index (κ3) is 3.80. The number of rotatable bonds is 5. The molecule has 22 heavy (non-hydrogen) atoms. The molecule has 2 aromatic heterocycles. The number of aryl methyl sites for hydroxylation is 2. The van der Waals surface area contributed by atoms with Crippen LogP contribution in [0.4, 0.5) is 0 Å². The topological polar surface area (TPSA) is 73.4 Å². The van der Waals surface area contributed by atoms with Gasteiger partial charge in [-0.2, -0.15) is 0 Å². The van der Waals surface area contributed by atoms with Crippen molar-refractivity contribution >= 4 is 24.2 Å². The van der Waals surface area contributed by atoms with Gasteiger partial charge in [-0.25, -0.2) is 0 Å². The van der Waals surface area contributed by atoms with E-state index < -0.39 is 0 Å². The average Bonchev–Trinajstić information content (AvgIpc) is 3.07. The lowest BCUT2D eigenvalue weighted by Gasteiger charge is -2.21. The van der Waals surface area contributed by atoms with E-state index in [0.717, 1.165) is 55.0 Å². The summed E-state index contributed by atoms with van der Waals surface area (Å²) in [6.07, 6.45) is 4.07. The summed E-state index contributed by atoms with van der Waals surface area (Å²) in [4.78, 5) is 0. The van der Waals surface area contributed by atoms with Crippen molar-refractivity contribution in [1.29, 1.82) is 0 Å². The third-order valence-electron chi connectivity index (χ3n) is 3.95. The second-order valence-electron chi connectivity index (χ2n) is 5.34. The fourth-order valence-corrected chi connectivity index (χ4v) is 3.51. The molecule has 1 N–H and O–H groups in total. The monoisotopic (exact) mass is 343 g/mol. The molecule has 0 aromatic carbocycles. The highest BCUT2D eigenvalue weighted by Gasteiger charge is 2.21. The Balaban J connectivity index is 0.00000176. The SMILES string of the molecule is Cc1nncn1CCSc1nnc(C2CCNCC2)n1C.Cl. The molecule has 0 saturated carbocycles. The average molecular weight is 344 g/mol. The van der Waals surface area contributed by atoms with E-state index in [4.69, 9.17) is 0 Å². The second-order valence-corrected chi connectivity index (χ2v) is 6.41. The molecule has 1 fully saturated rings. The van der Waals surface area contributed by atoms with Gasteiger partial charge < -0.3 is 14.5 Å². The zero-order valence-electron chi connectivity index (χ0n) is 12.9. The zero-order valence-corrected chi connectivity index (χ0v) is 14.5. The van der Waals surface area contributed by atoms with Crippen molar-refractivity contribution in [1.82, 2.24) is 34.8 Å². The minimum absolute atomic E-state index is 0. The van der Waals surface area contributed by atoms with E-state index in [1.54, 1.807) is 18.1 Å². The lowest BCUT2D eigenvalue weighted by molar-refractivity contribution is 0.434. The number of nitrogens with one attached hydrogen (secondary N) is 1. The van der Waals surface area contributed by atoms with Gasteiger partial charge in [0.2, 0.25) is 0 Å². The fraction of sp³-hybridized carbons (Fsp3) is 0.692. The number of hydrogen-bond donors (Lipinski definition) is 1. The highest BCUT2D eigenvalue weighted by molar-refractivity contribution is 7.99. The Hall–Kier alpha value is -1.12. The number of thioether (sulfide) groups is 1. The first-order valence-corrected chi connectivity index (χ1v) is 8.31.